The van der Waals surface area contributed by atoms with Crippen LogP contribution in [0, 0.1) is 19.7 Å². The van der Waals surface area contributed by atoms with Gasteiger partial charge in [0.15, 0.2) is 9.84 Å². The van der Waals surface area contributed by atoms with Crippen molar-refractivity contribution in [3.63, 3.8) is 0 Å². The third-order valence-electron chi connectivity index (χ3n) is 4.19. The van der Waals surface area contributed by atoms with Gasteiger partial charge in [-0.1, -0.05) is 24.3 Å². The van der Waals surface area contributed by atoms with E-state index in [1.54, 1.807) is 6.07 Å². The highest BCUT2D eigenvalue weighted by Gasteiger charge is 2.33. The first kappa shape index (κ1) is 17.4. The molecular weight excluding hydrogens is 341 g/mol. The summed E-state index contributed by atoms with van der Waals surface area (Å²) in [6.45, 7) is 3.72. The van der Waals surface area contributed by atoms with Crippen molar-refractivity contribution in [1.29, 1.82) is 0 Å². The van der Waals surface area contributed by atoms with Gasteiger partial charge in [0.25, 0.3) is 5.91 Å². The van der Waals surface area contributed by atoms with Crippen molar-refractivity contribution in [2.24, 2.45) is 0 Å². The summed E-state index contributed by atoms with van der Waals surface area (Å²) in [4.78, 5) is 14.5. The first-order chi connectivity index (χ1) is 11.8. The summed E-state index contributed by atoms with van der Waals surface area (Å²) in [6.07, 6.45) is 1.48. The normalized spacial score (nSPS) is 18.3. The lowest BCUT2D eigenvalue weighted by Crippen LogP contribution is -2.42. The number of halogens is 1. The van der Waals surface area contributed by atoms with Gasteiger partial charge in [0.2, 0.25) is 0 Å². The zero-order valence-electron chi connectivity index (χ0n) is 13.9. The maximum atomic E-state index is 14.2. The number of aryl methyl sites for hydroxylation is 2. The van der Waals surface area contributed by atoms with Crippen LogP contribution in [0.4, 0.5) is 10.1 Å². The molecule has 0 aromatic heterocycles. The Morgan fingerprint density at radius 1 is 1.16 bits per heavy atom. The van der Waals surface area contributed by atoms with Gasteiger partial charge in [-0.25, -0.2) is 12.8 Å². The van der Waals surface area contributed by atoms with Crippen molar-refractivity contribution in [2.75, 3.05) is 10.7 Å². The molecule has 0 bridgehead atoms. The van der Waals surface area contributed by atoms with Gasteiger partial charge < -0.3 is 4.90 Å². The van der Waals surface area contributed by atoms with Crippen LogP contribution in [-0.4, -0.2) is 26.1 Å². The Balaban J connectivity index is 2.13. The highest BCUT2D eigenvalue weighted by molar-refractivity contribution is 7.94. The number of rotatable bonds is 3. The molecule has 0 radical (unpaired) electrons. The third-order valence-corrected chi connectivity index (χ3v) is 5.57. The summed E-state index contributed by atoms with van der Waals surface area (Å²) in [7, 11) is -3.37. The predicted molar refractivity (Wildman–Crippen MR) is 95.8 cm³/mol. The maximum absolute atomic E-state index is 14.2. The molecule has 0 saturated heterocycles. The summed E-state index contributed by atoms with van der Waals surface area (Å²) >= 11 is 0. The topological polar surface area (TPSA) is 54.5 Å². The molecule has 25 heavy (non-hydrogen) atoms. The van der Waals surface area contributed by atoms with Gasteiger partial charge in [0, 0.05) is 11.1 Å². The van der Waals surface area contributed by atoms with E-state index in [0.29, 0.717) is 5.69 Å². The summed E-state index contributed by atoms with van der Waals surface area (Å²) in [5.74, 6) is -1.40. The average molecular weight is 359 g/mol. The summed E-state index contributed by atoms with van der Waals surface area (Å²) < 4.78 is 37.9. The van der Waals surface area contributed by atoms with E-state index >= 15 is 0 Å². The zero-order valence-corrected chi connectivity index (χ0v) is 14.8. The number of anilines is 1. The molecule has 130 valence electrons. The molecule has 0 saturated carbocycles. The molecule has 0 unspecified atom stereocenters. The van der Waals surface area contributed by atoms with Gasteiger partial charge in [0.1, 0.15) is 5.82 Å². The number of hydrogen-bond donors (Lipinski definition) is 0. The van der Waals surface area contributed by atoms with Crippen LogP contribution in [-0.2, 0) is 9.84 Å². The molecule has 2 aromatic carbocycles. The minimum Gasteiger partial charge on any atom is -0.300 e. The lowest BCUT2D eigenvalue weighted by Gasteiger charge is -2.29. The van der Waals surface area contributed by atoms with Crippen LogP contribution in [0.15, 0.2) is 53.9 Å². The van der Waals surface area contributed by atoms with Crippen molar-refractivity contribution >= 4 is 21.4 Å². The standard InChI is InChI=1S/C19H18FNO3S/c1-13-7-8-14(2)18(11-13)21(15-9-10-25(23,24)12-15)19(22)16-5-3-4-6-17(16)20/h3-11,15H,12H2,1-2H3/t15-/m0/s1. The second kappa shape index (κ2) is 6.44. The Kier molecular flexibility index (Phi) is 4.47. The minimum absolute atomic E-state index is 0.0823. The molecule has 6 heteroatoms. The predicted octanol–water partition coefficient (Wildman–Crippen LogP) is 3.40. The molecule has 4 nitrogen and oxygen atoms in total. The second-order valence-corrected chi connectivity index (χ2v) is 8.10. The van der Waals surface area contributed by atoms with Crippen molar-refractivity contribution in [3.05, 3.63) is 76.5 Å². The van der Waals surface area contributed by atoms with Crippen LogP contribution in [0.3, 0.4) is 0 Å². The molecule has 0 spiro atoms. The first-order valence-corrected chi connectivity index (χ1v) is 9.56. The number of nitrogens with zero attached hydrogens (tertiary/aromatic N) is 1. The van der Waals surface area contributed by atoms with Crippen molar-refractivity contribution < 1.29 is 17.6 Å². The third kappa shape index (κ3) is 3.49. The van der Waals surface area contributed by atoms with E-state index in [4.69, 9.17) is 0 Å². The van der Waals surface area contributed by atoms with Gasteiger partial charge in [-0.05, 0) is 49.2 Å². The van der Waals surface area contributed by atoms with E-state index in [9.17, 15) is 17.6 Å². The van der Waals surface area contributed by atoms with Gasteiger partial charge in [0.05, 0.1) is 17.4 Å². The number of hydrogen-bond acceptors (Lipinski definition) is 3. The fraction of sp³-hybridized carbons (Fsp3) is 0.211. The summed E-state index contributed by atoms with van der Waals surface area (Å²) in [5, 5.41) is 1.12. The van der Waals surface area contributed by atoms with E-state index < -0.39 is 27.6 Å². The van der Waals surface area contributed by atoms with Gasteiger partial charge in [-0.3, -0.25) is 4.79 Å². The molecule has 0 fully saturated rings. The number of sulfone groups is 1. The molecule has 2 aromatic rings. The molecule has 1 amide bonds. The molecule has 1 aliphatic heterocycles. The van der Waals surface area contributed by atoms with Crippen LogP contribution in [0.2, 0.25) is 0 Å². The van der Waals surface area contributed by atoms with E-state index in [1.807, 2.05) is 32.0 Å². The van der Waals surface area contributed by atoms with Crippen LogP contribution in [0.25, 0.3) is 0 Å². The second-order valence-electron chi connectivity index (χ2n) is 6.17. The Morgan fingerprint density at radius 3 is 2.52 bits per heavy atom. The van der Waals surface area contributed by atoms with Crippen LogP contribution in [0.1, 0.15) is 21.5 Å². The number of carbonyl (C=O) groups excluding carboxylic acids is 1. The van der Waals surface area contributed by atoms with Crippen LogP contribution in [0.5, 0.6) is 0 Å². The Labute approximate surface area is 146 Å². The first-order valence-electron chi connectivity index (χ1n) is 7.85. The highest BCUT2D eigenvalue weighted by Crippen LogP contribution is 2.29. The van der Waals surface area contributed by atoms with E-state index in [2.05, 4.69) is 0 Å². The van der Waals surface area contributed by atoms with Crippen molar-refractivity contribution in [1.82, 2.24) is 0 Å². The number of carbonyl (C=O) groups is 1. The van der Waals surface area contributed by atoms with Crippen molar-refractivity contribution in [3.8, 4) is 0 Å². The highest BCUT2D eigenvalue weighted by atomic mass is 32.2. The molecule has 0 aliphatic carbocycles. The zero-order chi connectivity index (χ0) is 18.2. The quantitative estimate of drug-likeness (QED) is 0.844. The van der Waals surface area contributed by atoms with Crippen LogP contribution < -0.4 is 4.90 Å². The Bertz CT molecular complexity index is 966. The minimum atomic E-state index is -3.37. The molecule has 1 aliphatic rings. The van der Waals surface area contributed by atoms with Gasteiger partial charge >= 0.3 is 0 Å². The lowest BCUT2D eigenvalue weighted by molar-refractivity contribution is 0.0979. The molecular formula is C19H18FNO3S. The fourth-order valence-corrected chi connectivity index (χ4v) is 4.17. The summed E-state index contributed by atoms with van der Waals surface area (Å²) in [6, 6.07) is 10.6. The van der Waals surface area contributed by atoms with Crippen LogP contribution >= 0.6 is 0 Å². The monoisotopic (exact) mass is 359 g/mol. The summed E-state index contributed by atoms with van der Waals surface area (Å²) in [5.41, 5.74) is 2.24. The van der Waals surface area contributed by atoms with Crippen molar-refractivity contribution in [2.45, 2.75) is 19.9 Å². The molecule has 1 atom stereocenters. The van der Waals surface area contributed by atoms with Gasteiger partial charge in [-0.2, -0.15) is 0 Å². The number of amides is 1. The Morgan fingerprint density at radius 2 is 1.88 bits per heavy atom. The molecule has 1 heterocycles. The SMILES string of the molecule is Cc1ccc(C)c(N(C(=O)c2ccccc2F)[C@H]2C=CS(=O)(=O)C2)c1. The van der Waals surface area contributed by atoms with E-state index in [1.165, 1.54) is 29.2 Å². The maximum Gasteiger partial charge on any atom is 0.261 e. The average Bonchev–Trinajstić information content (AvgIpc) is 2.91. The molecule has 3 rings (SSSR count). The smallest absolute Gasteiger partial charge is 0.261 e. The van der Waals surface area contributed by atoms with E-state index in [-0.39, 0.29) is 11.3 Å². The number of benzene rings is 2. The Hall–Kier alpha value is -2.47. The molecule has 0 N–H and O–H groups in total. The lowest BCUT2D eigenvalue weighted by atomic mass is 10.1. The van der Waals surface area contributed by atoms with Gasteiger partial charge in [-0.15, -0.1) is 0 Å². The largest absolute Gasteiger partial charge is 0.300 e. The van der Waals surface area contributed by atoms with E-state index in [0.717, 1.165) is 16.5 Å². The fourth-order valence-electron chi connectivity index (χ4n) is 2.90.